The average Bonchev–Trinajstić information content (AvgIpc) is 2.37. The van der Waals surface area contributed by atoms with Crippen LogP contribution in [0.4, 0.5) is 0 Å². The summed E-state index contributed by atoms with van der Waals surface area (Å²) in [5, 5.41) is 0. The Morgan fingerprint density at radius 2 is 1.86 bits per heavy atom. The van der Waals surface area contributed by atoms with Crippen molar-refractivity contribution in [1.82, 2.24) is 0 Å². The van der Waals surface area contributed by atoms with Crippen molar-refractivity contribution in [3.63, 3.8) is 0 Å². The van der Waals surface area contributed by atoms with Crippen molar-refractivity contribution < 1.29 is 12.9 Å². The van der Waals surface area contributed by atoms with Gasteiger partial charge in [0, 0.05) is 5.56 Å². The highest BCUT2D eigenvalue weighted by atomic mass is 32.2. The molecule has 2 rings (SSSR count). The summed E-state index contributed by atoms with van der Waals surface area (Å²) in [7, 11) is 0. The molecule has 1 unspecified atom stereocenters. The van der Waals surface area contributed by atoms with Crippen LogP contribution in [-0.4, -0.2) is 8.76 Å². The van der Waals surface area contributed by atoms with E-state index in [0.29, 0.717) is 5.75 Å². The van der Waals surface area contributed by atoms with Crippen LogP contribution >= 0.6 is 0 Å². The third kappa shape index (κ3) is 1.76. The zero-order chi connectivity index (χ0) is 9.97. The molecule has 0 aliphatic heterocycles. The predicted octanol–water partition coefficient (Wildman–Crippen LogP) is 2.31. The van der Waals surface area contributed by atoms with Crippen LogP contribution in [0.1, 0.15) is 0 Å². The number of fused-ring (bicyclic) bond motifs is 1. The summed E-state index contributed by atoms with van der Waals surface area (Å²) in [6, 6.07) is 12.9. The van der Waals surface area contributed by atoms with Crippen LogP contribution in [0.25, 0.3) is 11.1 Å². The SMILES string of the molecule is O=S(O)Oc1ccc2cccccc1-2. The Bertz CT molecular complexity index is 441. The van der Waals surface area contributed by atoms with E-state index in [1.165, 1.54) is 0 Å². The van der Waals surface area contributed by atoms with Crippen molar-refractivity contribution in [2.75, 3.05) is 0 Å². The van der Waals surface area contributed by atoms with Crippen LogP contribution in [0.5, 0.6) is 5.75 Å². The summed E-state index contributed by atoms with van der Waals surface area (Å²) in [6.45, 7) is 0. The first-order valence-corrected chi connectivity index (χ1v) is 5.07. The Morgan fingerprint density at radius 3 is 2.64 bits per heavy atom. The standard InChI is InChI=1S/C10H8O3S/c11-14(12)13-10-7-6-8-4-2-1-3-5-9(8)10/h1-7H,(H,11,12). The zero-order valence-electron chi connectivity index (χ0n) is 7.21. The molecule has 72 valence electrons. The number of hydrogen-bond donors (Lipinski definition) is 1. The first-order valence-electron chi connectivity index (χ1n) is 4.04. The highest BCUT2D eigenvalue weighted by Crippen LogP contribution is 2.33. The fraction of sp³-hybridized carbons (Fsp3) is 0. The summed E-state index contributed by atoms with van der Waals surface area (Å²) in [4.78, 5) is 0. The van der Waals surface area contributed by atoms with Crippen LogP contribution in [-0.2, 0) is 11.4 Å². The molecule has 0 amide bonds. The van der Waals surface area contributed by atoms with Gasteiger partial charge in [-0.3, -0.25) is 4.55 Å². The van der Waals surface area contributed by atoms with E-state index in [9.17, 15) is 4.21 Å². The van der Waals surface area contributed by atoms with Gasteiger partial charge < -0.3 is 4.18 Å². The van der Waals surface area contributed by atoms with E-state index >= 15 is 0 Å². The maximum Gasteiger partial charge on any atom is 0.357 e. The van der Waals surface area contributed by atoms with E-state index < -0.39 is 11.4 Å². The van der Waals surface area contributed by atoms with Gasteiger partial charge in [0.25, 0.3) is 0 Å². The molecule has 4 heteroatoms. The maximum absolute atomic E-state index is 10.5. The fourth-order valence-electron chi connectivity index (χ4n) is 1.34. The second kappa shape index (κ2) is 3.77. The Balaban J connectivity index is 2.47. The predicted molar refractivity (Wildman–Crippen MR) is 54.5 cm³/mol. The molecule has 1 atom stereocenters. The molecule has 1 N–H and O–H groups in total. The first-order chi connectivity index (χ1) is 6.77. The Morgan fingerprint density at radius 1 is 1.07 bits per heavy atom. The van der Waals surface area contributed by atoms with Crippen molar-refractivity contribution in [3.05, 3.63) is 42.5 Å². The lowest BCUT2D eigenvalue weighted by Crippen LogP contribution is -1.96. The van der Waals surface area contributed by atoms with E-state index in [4.69, 9.17) is 8.74 Å². The smallest absolute Gasteiger partial charge is 0.357 e. The van der Waals surface area contributed by atoms with E-state index in [0.717, 1.165) is 11.1 Å². The molecular weight excluding hydrogens is 200 g/mol. The van der Waals surface area contributed by atoms with E-state index in [1.807, 2.05) is 36.4 Å². The summed E-state index contributed by atoms with van der Waals surface area (Å²) >= 11 is -2.27. The van der Waals surface area contributed by atoms with Crippen molar-refractivity contribution in [2.24, 2.45) is 0 Å². The second-order valence-electron chi connectivity index (χ2n) is 2.78. The lowest BCUT2D eigenvalue weighted by Gasteiger charge is -1.98. The van der Waals surface area contributed by atoms with Gasteiger partial charge in [-0.15, -0.1) is 0 Å². The molecule has 14 heavy (non-hydrogen) atoms. The van der Waals surface area contributed by atoms with Gasteiger partial charge in [0.15, 0.2) is 0 Å². The largest absolute Gasteiger partial charge is 0.379 e. The third-order valence-electron chi connectivity index (χ3n) is 1.91. The monoisotopic (exact) mass is 208 g/mol. The summed E-state index contributed by atoms with van der Waals surface area (Å²) in [5.74, 6) is 0.428. The van der Waals surface area contributed by atoms with Crippen LogP contribution in [0.2, 0.25) is 0 Å². The normalized spacial score (nSPS) is 12.6. The molecule has 0 fully saturated rings. The van der Waals surface area contributed by atoms with Crippen molar-refractivity contribution in [2.45, 2.75) is 0 Å². The molecular formula is C10H8O3S. The minimum Gasteiger partial charge on any atom is -0.379 e. The summed E-state index contributed by atoms with van der Waals surface area (Å²) < 4.78 is 23.8. The molecule has 0 spiro atoms. The van der Waals surface area contributed by atoms with Gasteiger partial charge in [0.05, 0.1) is 0 Å². The number of rotatable bonds is 2. The third-order valence-corrected chi connectivity index (χ3v) is 2.23. The van der Waals surface area contributed by atoms with Crippen LogP contribution in [0, 0.1) is 0 Å². The van der Waals surface area contributed by atoms with E-state index in [-0.39, 0.29) is 0 Å². The van der Waals surface area contributed by atoms with Gasteiger partial charge in [-0.25, -0.2) is 0 Å². The molecule has 2 aliphatic rings. The molecule has 0 aromatic carbocycles. The molecule has 0 saturated heterocycles. The van der Waals surface area contributed by atoms with Crippen LogP contribution in [0.15, 0.2) is 42.5 Å². The Hall–Kier alpha value is -1.39. The van der Waals surface area contributed by atoms with E-state index in [1.54, 1.807) is 6.07 Å². The van der Waals surface area contributed by atoms with Gasteiger partial charge in [0.1, 0.15) is 5.75 Å². The van der Waals surface area contributed by atoms with Crippen molar-refractivity contribution in [3.8, 4) is 16.9 Å². The second-order valence-corrected chi connectivity index (χ2v) is 3.38. The molecule has 0 radical (unpaired) electrons. The van der Waals surface area contributed by atoms with E-state index in [2.05, 4.69) is 0 Å². The Labute approximate surface area is 84.2 Å². The maximum atomic E-state index is 10.5. The number of hydrogen-bond acceptors (Lipinski definition) is 2. The van der Waals surface area contributed by atoms with Gasteiger partial charge in [-0.05, 0) is 11.6 Å². The quantitative estimate of drug-likeness (QED) is 0.770. The molecule has 0 bridgehead atoms. The highest BCUT2D eigenvalue weighted by molar-refractivity contribution is 7.74. The van der Waals surface area contributed by atoms with Crippen molar-refractivity contribution in [1.29, 1.82) is 0 Å². The minimum atomic E-state index is -2.27. The van der Waals surface area contributed by atoms with Crippen molar-refractivity contribution >= 4 is 11.4 Å². The topological polar surface area (TPSA) is 46.5 Å². The van der Waals surface area contributed by atoms with Gasteiger partial charge >= 0.3 is 11.4 Å². The minimum absolute atomic E-state index is 0.428. The van der Waals surface area contributed by atoms with Gasteiger partial charge in [-0.1, -0.05) is 36.4 Å². The first kappa shape index (κ1) is 9.18. The van der Waals surface area contributed by atoms with Crippen LogP contribution in [0.3, 0.4) is 0 Å². The molecule has 0 heterocycles. The molecule has 3 nitrogen and oxygen atoms in total. The molecule has 0 saturated carbocycles. The molecule has 0 aromatic heterocycles. The van der Waals surface area contributed by atoms with Gasteiger partial charge in [-0.2, -0.15) is 4.21 Å². The zero-order valence-corrected chi connectivity index (χ0v) is 8.03. The molecule has 0 aromatic rings. The molecule has 2 aliphatic carbocycles. The van der Waals surface area contributed by atoms with Gasteiger partial charge in [0.2, 0.25) is 0 Å². The average molecular weight is 208 g/mol. The Kier molecular flexibility index (Phi) is 2.47. The lowest BCUT2D eigenvalue weighted by atomic mass is 10.2. The lowest BCUT2D eigenvalue weighted by molar-refractivity contribution is 0.459. The highest BCUT2D eigenvalue weighted by Gasteiger charge is 2.10. The van der Waals surface area contributed by atoms with Crippen LogP contribution < -0.4 is 4.18 Å². The summed E-state index contributed by atoms with van der Waals surface area (Å²) in [5.41, 5.74) is 1.81. The fourth-order valence-corrected chi connectivity index (χ4v) is 1.63. The summed E-state index contributed by atoms with van der Waals surface area (Å²) in [6.07, 6.45) is 0.